The Morgan fingerprint density at radius 1 is 1.60 bits per heavy atom. The molecule has 0 aromatic carbocycles. The van der Waals surface area contributed by atoms with Crippen molar-refractivity contribution in [1.82, 2.24) is 0 Å². The molecule has 10 heavy (non-hydrogen) atoms. The summed E-state index contributed by atoms with van der Waals surface area (Å²) in [5, 5.41) is 0. The van der Waals surface area contributed by atoms with Gasteiger partial charge < -0.3 is 4.74 Å². The van der Waals surface area contributed by atoms with Crippen molar-refractivity contribution < 1.29 is 4.74 Å². The van der Waals surface area contributed by atoms with E-state index in [1.165, 1.54) is 5.57 Å². The van der Waals surface area contributed by atoms with E-state index in [4.69, 9.17) is 4.74 Å². The van der Waals surface area contributed by atoms with Gasteiger partial charge in [-0.25, -0.2) is 0 Å². The van der Waals surface area contributed by atoms with Gasteiger partial charge in [0.2, 0.25) is 0 Å². The van der Waals surface area contributed by atoms with Gasteiger partial charge in [0, 0.05) is 5.92 Å². The Labute approximate surface area is 62.4 Å². The summed E-state index contributed by atoms with van der Waals surface area (Å²) in [5.74, 6) is 1.67. The highest BCUT2D eigenvalue weighted by Crippen LogP contribution is 2.23. The number of methoxy groups -OCH3 is 1. The summed E-state index contributed by atoms with van der Waals surface area (Å²) in [6, 6.07) is 0. The normalized spacial score (nSPS) is 25.3. The van der Waals surface area contributed by atoms with Crippen LogP contribution < -0.4 is 0 Å². The predicted molar refractivity (Wildman–Crippen MR) is 42.6 cm³/mol. The van der Waals surface area contributed by atoms with Gasteiger partial charge in [-0.1, -0.05) is 18.6 Å². The predicted octanol–water partition coefficient (Wildman–Crippen LogP) is 2.50. The molecule has 0 aromatic heterocycles. The maximum Gasteiger partial charge on any atom is 0.0989 e. The van der Waals surface area contributed by atoms with Crippen LogP contribution in [0, 0.1) is 5.92 Å². The maximum absolute atomic E-state index is 5.19. The van der Waals surface area contributed by atoms with Crippen LogP contribution in [-0.2, 0) is 4.74 Å². The van der Waals surface area contributed by atoms with Crippen LogP contribution in [0.2, 0.25) is 0 Å². The lowest BCUT2D eigenvalue weighted by Gasteiger charge is -2.17. The first-order chi connectivity index (χ1) is 4.74. The Bertz CT molecular complexity index is 177. The summed E-state index contributed by atoms with van der Waals surface area (Å²) in [7, 11) is 1.74. The second-order valence-corrected chi connectivity index (χ2v) is 2.84. The number of hydrogen-bond acceptors (Lipinski definition) is 1. The summed E-state index contributed by atoms with van der Waals surface area (Å²) < 4.78 is 5.19. The number of rotatable bonds is 1. The topological polar surface area (TPSA) is 9.23 Å². The minimum Gasteiger partial charge on any atom is -0.501 e. The van der Waals surface area contributed by atoms with Crippen molar-refractivity contribution in [3.8, 4) is 0 Å². The van der Waals surface area contributed by atoms with Crippen LogP contribution in [0.5, 0.6) is 0 Å². The molecule has 1 nitrogen and oxygen atoms in total. The van der Waals surface area contributed by atoms with E-state index in [0.29, 0.717) is 5.92 Å². The van der Waals surface area contributed by atoms with Crippen LogP contribution >= 0.6 is 0 Å². The fraction of sp³-hybridized carbons (Fsp3) is 0.556. The Kier molecular flexibility index (Phi) is 2.15. The molecule has 1 rings (SSSR count). The molecule has 0 spiro atoms. The third-order valence-electron chi connectivity index (χ3n) is 1.88. The van der Waals surface area contributed by atoms with Gasteiger partial charge in [0.25, 0.3) is 0 Å². The van der Waals surface area contributed by atoms with E-state index in [0.717, 1.165) is 12.2 Å². The summed E-state index contributed by atoms with van der Waals surface area (Å²) in [5.41, 5.74) is 1.31. The molecular weight excluding hydrogens is 124 g/mol. The molecule has 1 aliphatic carbocycles. The lowest BCUT2D eigenvalue weighted by atomic mass is 9.97. The zero-order valence-corrected chi connectivity index (χ0v) is 6.85. The monoisotopic (exact) mass is 138 g/mol. The standard InChI is InChI=1S/C9H14O/c1-7-4-5-8(2)9(6-7)10-3/h4,6,8H,5H2,1-3H3/t8-/m1/s1. The molecule has 0 fully saturated rings. The minimum absolute atomic E-state index is 0.564. The third kappa shape index (κ3) is 1.41. The highest BCUT2D eigenvalue weighted by atomic mass is 16.5. The third-order valence-corrected chi connectivity index (χ3v) is 1.88. The van der Waals surface area contributed by atoms with Crippen LogP contribution in [-0.4, -0.2) is 7.11 Å². The molecule has 56 valence electrons. The fourth-order valence-corrected chi connectivity index (χ4v) is 1.16. The molecule has 0 heterocycles. The molecule has 0 bridgehead atoms. The summed E-state index contributed by atoms with van der Waals surface area (Å²) in [4.78, 5) is 0. The van der Waals surface area contributed by atoms with Crippen LogP contribution in [0.15, 0.2) is 23.5 Å². The van der Waals surface area contributed by atoms with E-state index in [1.54, 1.807) is 7.11 Å². The van der Waals surface area contributed by atoms with Crippen LogP contribution in [0.25, 0.3) is 0 Å². The summed E-state index contributed by atoms with van der Waals surface area (Å²) >= 11 is 0. The average molecular weight is 138 g/mol. The van der Waals surface area contributed by atoms with Gasteiger partial charge in [0.05, 0.1) is 12.9 Å². The molecule has 1 atom stereocenters. The minimum atomic E-state index is 0.564. The van der Waals surface area contributed by atoms with Gasteiger partial charge in [0.15, 0.2) is 0 Å². The molecule has 1 heteroatoms. The molecule has 0 aliphatic heterocycles. The number of allylic oxidation sites excluding steroid dienone is 4. The van der Waals surface area contributed by atoms with E-state index in [9.17, 15) is 0 Å². The van der Waals surface area contributed by atoms with Crippen molar-refractivity contribution in [3.63, 3.8) is 0 Å². The molecule has 0 aromatic rings. The molecular formula is C9H14O. The Morgan fingerprint density at radius 3 is 2.80 bits per heavy atom. The lowest BCUT2D eigenvalue weighted by molar-refractivity contribution is 0.245. The average Bonchev–Trinajstić information content (AvgIpc) is 1.94. The number of ether oxygens (including phenoxy) is 1. The van der Waals surface area contributed by atoms with Gasteiger partial charge in [0.1, 0.15) is 0 Å². The smallest absolute Gasteiger partial charge is 0.0989 e. The van der Waals surface area contributed by atoms with Gasteiger partial charge in [-0.2, -0.15) is 0 Å². The second-order valence-electron chi connectivity index (χ2n) is 2.84. The molecule has 0 saturated heterocycles. The van der Waals surface area contributed by atoms with Gasteiger partial charge in [-0.05, 0) is 19.4 Å². The first kappa shape index (κ1) is 7.39. The molecule has 0 N–H and O–H groups in total. The lowest BCUT2D eigenvalue weighted by Crippen LogP contribution is -2.04. The van der Waals surface area contributed by atoms with Crippen molar-refractivity contribution in [2.75, 3.05) is 7.11 Å². The van der Waals surface area contributed by atoms with E-state index in [-0.39, 0.29) is 0 Å². The van der Waals surface area contributed by atoms with E-state index in [1.807, 2.05) is 0 Å². The van der Waals surface area contributed by atoms with Crippen LogP contribution in [0.4, 0.5) is 0 Å². The van der Waals surface area contributed by atoms with Crippen LogP contribution in [0.1, 0.15) is 20.3 Å². The first-order valence-electron chi connectivity index (χ1n) is 3.66. The first-order valence-corrected chi connectivity index (χ1v) is 3.66. The van der Waals surface area contributed by atoms with Gasteiger partial charge in [-0.3, -0.25) is 0 Å². The van der Waals surface area contributed by atoms with Crippen molar-refractivity contribution in [3.05, 3.63) is 23.5 Å². The van der Waals surface area contributed by atoms with Gasteiger partial charge in [-0.15, -0.1) is 0 Å². The highest BCUT2D eigenvalue weighted by Gasteiger charge is 2.11. The quantitative estimate of drug-likeness (QED) is 0.541. The van der Waals surface area contributed by atoms with Crippen molar-refractivity contribution in [1.29, 1.82) is 0 Å². The SMILES string of the molecule is COC1=CC(C)=CC[C@H]1C. The van der Waals surface area contributed by atoms with Crippen molar-refractivity contribution >= 4 is 0 Å². The van der Waals surface area contributed by atoms with Gasteiger partial charge >= 0.3 is 0 Å². The van der Waals surface area contributed by atoms with E-state index in [2.05, 4.69) is 26.0 Å². The maximum atomic E-state index is 5.19. The summed E-state index contributed by atoms with van der Waals surface area (Å²) in [6.07, 6.45) is 5.47. The van der Waals surface area contributed by atoms with Crippen molar-refractivity contribution in [2.45, 2.75) is 20.3 Å². The molecule has 0 amide bonds. The zero-order valence-electron chi connectivity index (χ0n) is 6.85. The van der Waals surface area contributed by atoms with Crippen LogP contribution in [0.3, 0.4) is 0 Å². The largest absolute Gasteiger partial charge is 0.501 e. The summed E-state index contributed by atoms with van der Waals surface area (Å²) in [6.45, 7) is 4.28. The highest BCUT2D eigenvalue weighted by molar-refractivity contribution is 5.24. The zero-order chi connectivity index (χ0) is 7.56. The Hall–Kier alpha value is -0.720. The Balaban J connectivity index is 2.73. The molecule has 0 radical (unpaired) electrons. The molecule has 0 saturated carbocycles. The molecule has 0 unspecified atom stereocenters. The fourth-order valence-electron chi connectivity index (χ4n) is 1.16. The molecule has 1 aliphatic rings. The second kappa shape index (κ2) is 2.91. The van der Waals surface area contributed by atoms with Crippen molar-refractivity contribution in [2.24, 2.45) is 5.92 Å². The Morgan fingerprint density at radius 2 is 2.30 bits per heavy atom. The van der Waals surface area contributed by atoms with E-state index < -0.39 is 0 Å². The van der Waals surface area contributed by atoms with E-state index >= 15 is 0 Å². The number of hydrogen-bond donors (Lipinski definition) is 0.